The highest BCUT2D eigenvalue weighted by Gasteiger charge is 2.45. The van der Waals surface area contributed by atoms with E-state index in [2.05, 4.69) is 37.2 Å². The molecule has 4 rings (SSSR count). The summed E-state index contributed by atoms with van der Waals surface area (Å²) in [7, 11) is 0. The molecule has 0 aromatic carbocycles. The summed E-state index contributed by atoms with van der Waals surface area (Å²) >= 11 is 0. The molecule has 0 radical (unpaired) electrons. The van der Waals surface area contributed by atoms with Gasteiger partial charge in [-0.25, -0.2) is 9.86 Å². The van der Waals surface area contributed by atoms with Gasteiger partial charge in [0.05, 0.1) is 31.3 Å². The largest absolute Gasteiger partial charge is 0.504 e. The highest BCUT2D eigenvalue weighted by molar-refractivity contribution is 6.00. The molecule has 0 aromatic rings. The number of rotatable bonds is 30. The Bertz CT molecular complexity index is 2660. The summed E-state index contributed by atoms with van der Waals surface area (Å²) in [5.74, 6) is -16.8. The summed E-state index contributed by atoms with van der Waals surface area (Å²) in [4.78, 5) is 158. The van der Waals surface area contributed by atoms with Crippen molar-refractivity contribution < 1.29 is 114 Å². The number of piperidine rings is 1. The summed E-state index contributed by atoms with van der Waals surface area (Å²) in [6.45, 7) is 3.07. The molecule has 0 saturated carbocycles. The van der Waals surface area contributed by atoms with Gasteiger partial charge in [-0.05, 0) is 78.0 Å². The van der Waals surface area contributed by atoms with Crippen molar-refractivity contribution in [1.29, 1.82) is 0 Å². The number of hydrogen-bond acceptors (Lipinski definition) is 22. The Morgan fingerprint density at radius 1 is 0.702 bits per heavy atom. The lowest BCUT2D eigenvalue weighted by Crippen LogP contribution is -3.17. The van der Waals surface area contributed by atoms with Crippen molar-refractivity contribution in [3.8, 4) is 0 Å². The SMILES string of the molecule is CC(O)C(NC(=O)C(CCCCN)NC(=O)C(CC(=O)O)NC(=O)[C@@H]1CC[NH+]2C(=C(NC(=O)CCC(N)C(=O)O)C=C3C=C(O)C(O)=CC32)N1)C(=O)NC(C(=O)NC(C(=O)NC(C(=O)NC1CCCN(O)C1=O)C(C)O)C(C)O)C(O)C(=O)O. The van der Waals surface area contributed by atoms with Gasteiger partial charge in [-0.2, -0.15) is 0 Å². The van der Waals surface area contributed by atoms with Crippen LogP contribution < -0.4 is 64.2 Å². The minimum Gasteiger partial charge on any atom is -0.504 e. The first-order valence-corrected chi connectivity index (χ1v) is 26.5. The lowest BCUT2D eigenvalue weighted by molar-refractivity contribution is -0.884. The molecular formula is C49H74N13O22+. The number of fused-ring (bicyclic) bond motifs is 3. The third-order valence-electron chi connectivity index (χ3n) is 13.8. The van der Waals surface area contributed by atoms with E-state index in [1.165, 1.54) is 18.2 Å². The highest BCUT2D eigenvalue weighted by atomic mass is 16.5. The van der Waals surface area contributed by atoms with Crippen molar-refractivity contribution >= 4 is 71.1 Å². The quantitative estimate of drug-likeness (QED) is 0.0235. The average molecular weight is 1200 g/mol. The molecule has 3 aliphatic heterocycles. The third kappa shape index (κ3) is 18.6. The normalized spacial score (nSPS) is 22.3. The van der Waals surface area contributed by atoms with Crippen LogP contribution in [0.4, 0.5) is 0 Å². The Labute approximate surface area is 477 Å². The van der Waals surface area contributed by atoms with Crippen LogP contribution in [0.5, 0.6) is 0 Å². The van der Waals surface area contributed by atoms with Crippen molar-refractivity contribution in [3.05, 3.63) is 46.8 Å². The molecule has 2 fully saturated rings. The number of aliphatic hydroxyl groups is 6. The second-order valence-electron chi connectivity index (χ2n) is 20.4. The van der Waals surface area contributed by atoms with Crippen molar-refractivity contribution in [2.45, 2.75) is 163 Å². The number of nitrogens with one attached hydrogen (secondary N) is 10. The van der Waals surface area contributed by atoms with E-state index in [0.29, 0.717) is 15.5 Å². The molecule has 0 aromatic heterocycles. The van der Waals surface area contributed by atoms with Gasteiger partial charge in [-0.15, -0.1) is 0 Å². The van der Waals surface area contributed by atoms with Crippen LogP contribution in [0.2, 0.25) is 0 Å². The number of carbonyl (C=O) groups excluding carboxylic acids is 9. The number of allylic oxidation sites excluding steroid dienone is 1. The van der Waals surface area contributed by atoms with Crippen molar-refractivity contribution in [2.24, 2.45) is 11.5 Å². The number of amides is 9. The second kappa shape index (κ2) is 30.8. The molecule has 24 N–H and O–H groups in total. The molecule has 84 heavy (non-hydrogen) atoms. The lowest BCUT2D eigenvalue weighted by Gasteiger charge is -2.40. The summed E-state index contributed by atoms with van der Waals surface area (Å²) in [5.41, 5.74) is 11.7. The van der Waals surface area contributed by atoms with Gasteiger partial charge in [0.1, 0.15) is 66.1 Å². The van der Waals surface area contributed by atoms with Crippen molar-refractivity contribution in [1.82, 2.24) is 52.9 Å². The molecule has 4 aliphatic rings. The summed E-state index contributed by atoms with van der Waals surface area (Å²) in [6, 6.07) is -17.0. The number of nitrogens with zero attached hydrogens (tertiary/aromatic N) is 1. The summed E-state index contributed by atoms with van der Waals surface area (Å²) < 4.78 is 0. The minimum absolute atomic E-state index is 0.0293. The average Bonchev–Trinajstić information content (AvgIpc) is 1.49. The number of carboxylic acids is 3. The Kier molecular flexibility index (Phi) is 25.0. The second-order valence-corrected chi connectivity index (χ2v) is 20.4. The number of aliphatic carboxylic acids is 3. The third-order valence-corrected chi connectivity index (χ3v) is 13.8. The molecule has 2 saturated heterocycles. The first-order chi connectivity index (χ1) is 39.4. The first-order valence-electron chi connectivity index (χ1n) is 26.5. The van der Waals surface area contributed by atoms with E-state index in [0.717, 1.165) is 20.8 Å². The molecule has 14 unspecified atom stereocenters. The van der Waals surface area contributed by atoms with Gasteiger partial charge >= 0.3 is 17.9 Å². The monoisotopic (exact) mass is 1200 g/mol. The van der Waals surface area contributed by atoms with Crippen molar-refractivity contribution in [2.75, 3.05) is 19.6 Å². The zero-order valence-corrected chi connectivity index (χ0v) is 45.8. The van der Waals surface area contributed by atoms with Crippen LogP contribution in [0, 0.1) is 0 Å². The maximum absolute atomic E-state index is 14.0. The molecule has 35 heteroatoms. The fourth-order valence-corrected chi connectivity index (χ4v) is 9.15. The van der Waals surface area contributed by atoms with Crippen LogP contribution in [0.3, 0.4) is 0 Å². The molecule has 15 atom stereocenters. The van der Waals surface area contributed by atoms with Gasteiger partial charge < -0.3 is 105 Å². The van der Waals surface area contributed by atoms with Crippen LogP contribution in [0.25, 0.3) is 0 Å². The van der Waals surface area contributed by atoms with Gasteiger partial charge in [0, 0.05) is 31.0 Å². The molecule has 9 amide bonds. The smallest absolute Gasteiger partial charge is 0.335 e. The molecule has 1 aliphatic carbocycles. The highest BCUT2D eigenvalue weighted by Crippen LogP contribution is 2.24. The van der Waals surface area contributed by atoms with E-state index in [9.17, 15) is 109 Å². The number of quaternary nitrogens is 1. The number of nitrogens with two attached hydrogens (primary N) is 2. The number of hydrogen-bond donors (Lipinski definition) is 22. The molecule has 3 heterocycles. The van der Waals surface area contributed by atoms with Crippen LogP contribution >= 0.6 is 0 Å². The fraction of sp³-hybridized carbons (Fsp3) is 0.592. The van der Waals surface area contributed by atoms with E-state index in [-0.39, 0.29) is 82.5 Å². The van der Waals surface area contributed by atoms with Crippen LogP contribution in [-0.4, -0.2) is 232 Å². The lowest BCUT2D eigenvalue weighted by atomic mass is 9.92. The molecule has 0 bridgehead atoms. The number of carboxylic acid groups (broad SMARTS) is 3. The first kappa shape index (κ1) is 68.2. The predicted molar refractivity (Wildman–Crippen MR) is 281 cm³/mol. The number of unbranched alkanes of at least 4 members (excludes halogenated alkanes) is 1. The molecule has 35 nitrogen and oxygen atoms in total. The Hall–Kier alpha value is -8.32. The maximum Gasteiger partial charge on any atom is 0.335 e. The van der Waals surface area contributed by atoms with Crippen LogP contribution in [-0.2, 0) is 57.5 Å². The van der Waals surface area contributed by atoms with E-state index in [1.54, 1.807) is 0 Å². The van der Waals surface area contributed by atoms with Crippen LogP contribution in [0.1, 0.15) is 78.6 Å². The standard InChI is InChI=1S/C49H73N13O22/c1-19(63)34(43(75)55-26-8-6-13-62(84)47(26)79)58-44(76)36(21(3)65)59-46(78)37(38(71)49(82)83)60-45(77)35(20(2)64)57-41(73)24(7-4-5-12-50)54-42(74)28(17-33(69)70)56-40(72)25-11-14-61-29-18-31(67)30(66)16-22(29)15-27(39(61)53-25)52-32(68)10-9-23(51)48(80)81/h15-16,18-21,23-26,28-29,34-38,53,63-67,71,84H,4-14,17,50-51H2,1-3H3,(H,52,68)(H,54,74)(H,55,75)(H,56,72)(H,57,73)(H,58,76)(H,59,78)(H,60,77)(H,69,70)(H,80,81)(H,82,83)/p+1/t19?,20?,21?,23?,24?,25-,26?,28?,29?,34?,35?,36?,37?,38?/m0/s1. The zero-order valence-electron chi connectivity index (χ0n) is 45.8. The minimum atomic E-state index is -2.86. The summed E-state index contributed by atoms with van der Waals surface area (Å²) in [6.07, 6.45) is -5.75. The fourth-order valence-electron chi connectivity index (χ4n) is 9.15. The van der Waals surface area contributed by atoms with E-state index in [1.807, 2.05) is 10.6 Å². The zero-order chi connectivity index (χ0) is 63.0. The van der Waals surface area contributed by atoms with E-state index >= 15 is 0 Å². The van der Waals surface area contributed by atoms with E-state index < -0.39 is 174 Å². The molecule has 466 valence electrons. The topological polar surface area (TPSA) is 575 Å². The number of hydroxylamine groups is 2. The van der Waals surface area contributed by atoms with Gasteiger partial charge in [-0.3, -0.25) is 62.8 Å². The Morgan fingerprint density at radius 2 is 1.26 bits per heavy atom. The number of aliphatic hydroxyl groups excluding tert-OH is 6. The van der Waals surface area contributed by atoms with E-state index in [4.69, 9.17) is 11.5 Å². The summed E-state index contributed by atoms with van der Waals surface area (Å²) in [5, 5.41) is 122. The van der Waals surface area contributed by atoms with Gasteiger partial charge in [0.15, 0.2) is 17.6 Å². The van der Waals surface area contributed by atoms with Gasteiger partial charge in [-0.1, -0.05) is 0 Å². The van der Waals surface area contributed by atoms with Crippen LogP contribution in [0.15, 0.2) is 46.8 Å². The van der Waals surface area contributed by atoms with Gasteiger partial charge in [0.25, 0.3) is 5.91 Å². The van der Waals surface area contributed by atoms with Crippen molar-refractivity contribution in [3.63, 3.8) is 0 Å². The Balaban J connectivity index is 1.53. The predicted octanol–water partition coefficient (Wildman–Crippen LogP) is -9.49. The van der Waals surface area contributed by atoms with Gasteiger partial charge in [0.2, 0.25) is 53.1 Å². The Morgan fingerprint density at radius 3 is 1.82 bits per heavy atom. The molecule has 0 spiro atoms. The maximum atomic E-state index is 14.0. The molecular weight excluding hydrogens is 1120 g/mol. The number of carbonyl (C=O) groups is 12.